The van der Waals surface area contributed by atoms with Crippen molar-refractivity contribution in [1.82, 2.24) is 10.2 Å². The first-order valence-electron chi connectivity index (χ1n) is 8.61. The molecular formula is C20H26N2O3. The highest BCUT2D eigenvalue weighted by molar-refractivity contribution is 6.12. The van der Waals surface area contributed by atoms with Crippen molar-refractivity contribution in [2.75, 3.05) is 13.1 Å². The summed E-state index contributed by atoms with van der Waals surface area (Å²) >= 11 is 0. The van der Waals surface area contributed by atoms with Crippen LogP contribution in [0.15, 0.2) is 42.5 Å². The molecule has 134 valence electrons. The molecule has 0 aliphatic carbocycles. The number of rotatable bonds is 7. The van der Waals surface area contributed by atoms with Gasteiger partial charge in [0, 0.05) is 31.2 Å². The van der Waals surface area contributed by atoms with Crippen molar-refractivity contribution in [1.29, 1.82) is 0 Å². The number of nitrogens with one attached hydrogen (secondary N) is 1. The van der Waals surface area contributed by atoms with Gasteiger partial charge in [-0.15, -0.1) is 0 Å². The van der Waals surface area contributed by atoms with Crippen molar-refractivity contribution in [3.63, 3.8) is 0 Å². The van der Waals surface area contributed by atoms with E-state index in [1.165, 1.54) is 12.2 Å². The van der Waals surface area contributed by atoms with Gasteiger partial charge >= 0.3 is 0 Å². The number of amides is 3. The number of carbonyl (C=O) groups is 3. The van der Waals surface area contributed by atoms with E-state index in [1.54, 1.807) is 0 Å². The molecule has 1 aromatic carbocycles. The first-order valence-corrected chi connectivity index (χ1v) is 8.61. The minimum absolute atomic E-state index is 0.0294. The molecule has 1 N–H and O–H groups in total. The van der Waals surface area contributed by atoms with E-state index in [1.807, 2.05) is 30.3 Å². The zero-order chi connectivity index (χ0) is 18.4. The Balaban J connectivity index is 1.93. The van der Waals surface area contributed by atoms with Crippen LogP contribution < -0.4 is 5.32 Å². The standard InChI is InChI=1S/C20H26N2O3/c1-20(2,3)14-16(13-15-7-5-4-6-8-15)19(25)21-11-12-22-17(23)9-10-18(22)24/h4-10,16H,11-14H2,1-3H3,(H,21,25). The molecule has 1 aliphatic heterocycles. The topological polar surface area (TPSA) is 66.5 Å². The van der Waals surface area contributed by atoms with Crippen LogP contribution in [0.4, 0.5) is 0 Å². The highest BCUT2D eigenvalue weighted by atomic mass is 16.2. The van der Waals surface area contributed by atoms with Crippen LogP contribution in [-0.4, -0.2) is 35.7 Å². The summed E-state index contributed by atoms with van der Waals surface area (Å²) < 4.78 is 0. The Labute approximate surface area is 149 Å². The summed E-state index contributed by atoms with van der Waals surface area (Å²) in [5.74, 6) is -0.833. The number of imide groups is 1. The fourth-order valence-electron chi connectivity index (χ4n) is 2.98. The third-order valence-corrected chi connectivity index (χ3v) is 4.09. The second-order valence-corrected chi connectivity index (χ2v) is 7.60. The normalized spacial score (nSPS) is 15.6. The first-order chi connectivity index (χ1) is 11.8. The number of nitrogens with zero attached hydrogens (tertiary/aromatic N) is 1. The van der Waals surface area contributed by atoms with Crippen molar-refractivity contribution in [2.24, 2.45) is 11.3 Å². The minimum Gasteiger partial charge on any atom is -0.354 e. The lowest BCUT2D eigenvalue weighted by atomic mass is 9.81. The summed E-state index contributed by atoms with van der Waals surface area (Å²) in [4.78, 5) is 36.8. The predicted molar refractivity (Wildman–Crippen MR) is 96.6 cm³/mol. The van der Waals surface area contributed by atoms with Gasteiger partial charge in [-0.1, -0.05) is 51.1 Å². The van der Waals surface area contributed by atoms with E-state index in [-0.39, 0.29) is 42.1 Å². The number of hydrogen-bond donors (Lipinski definition) is 1. The third kappa shape index (κ3) is 5.85. The Kier molecular flexibility index (Phi) is 6.12. The van der Waals surface area contributed by atoms with Gasteiger partial charge in [-0.2, -0.15) is 0 Å². The zero-order valence-electron chi connectivity index (χ0n) is 15.1. The molecule has 0 aromatic heterocycles. The SMILES string of the molecule is CC(C)(C)CC(Cc1ccccc1)C(=O)NCCN1C(=O)C=CC1=O. The maximum absolute atomic E-state index is 12.6. The lowest BCUT2D eigenvalue weighted by Crippen LogP contribution is -2.41. The molecule has 0 spiro atoms. The molecule has 25 heavy (non-hydrogen) atoms. The molecule has 1 aliphatic rings. The summed E-state index contributed by atoms with van der Waals surface area (Å²) in [6.07, 6.45) is 3.94. The van der Waals surface area contributed by atoms with Crippen molar-refractivity contribution in [3.8, 4) is 0 Å². The largest absolute Gasteiger partial charge is 0.354 e. The van der Waals surface area contributed by atoms with E-state index in [0.717, 1.165) is 16.9 Å². The molecule has 1 heterocycles. The van der Waals surface area contributed by atoms with E-state index < -0.39 is 0 Å². The Morgan fingerprint density at radius 3 is 2.24 bits per heavy atom. The Hall–Kier alpha value is -2.43. The maximum Gasteiger partial charge on any atom is 0.253 e. The molecule has 5 nitrogen and oxygen atoms in total. The molecule has 5 heteroatoms. The molecule has 0 saturated heterocycles. The first kappa shape index (κ1) is 18.9. The zero-order valence-corrected chi connectivity index (χ0v) is 15.1. The average Bonchev–Trinajstić information content (AvgIpc) is 2.85. The molecular weight excluding hydrogens is 316 g/mol. The summed E-state index contributed by atoms with van der Waals surface area (Å²) in [6, 6.07) is 9.95. The highest BCUT2D eigenvalue weighted by Gasteiger charge is 2.26. The van der Waals surface area contributed by atoms with E-state index in [2.05, 4.69) is 26.1 Å². The van der Waals surface area contributed by atoms with E-state index in [0.29, 0.717) is 6.42 Å². The minimum atomic E-state index is -0.324. The lowest BCUT2D eigenvalue weighted by molar-refractivity contribution is -0.137. The van der Waals surface area contributed by atoms with Gasteiger partial charge in [-0.05, 0) is 23.8 Å². The number of benzene rings is 1. The van der Waals surface area contributed by atoms with Crippen LogP contribution in [0.25, 0.3) is 0 Å². The summed E-state index contributed by atoms with van der Waals surface area (Å²) in [7, 11) is 0. The van der Waals surface area contributed by atoms with E-state index in [4.69, 9.17) is 0 Å². The molecule has 0 saturated carbocycles. The van der Waals surface area contributed by atoms with Gasteiger partial charge in [0.2, 0.25) is 5.91 Å². The molecule has 2 rings (SSSR count). The van der Waals surface area contributed by atoms with Crippen LogP contribution in [0.1, 0.15) is 32.8 Å². The second-order valence-electron chi connectivity index (χ2n) is 7.60. The highest BCUT2D eigenvalue weighted by Crippen LogP contribution is 2.27. The Morgan fingerprint density at radius 2 is 1.68 bits per heavy atom. The maximum atomic E-state index is 12.6. The molecule has 1 aromatic rings. The van der Waals surface area contributed by atoms with Crippen molar-refractivity contribution in [2.45, 2.75) is 33.6 Å². The van der Waals surface area contributed by atoms with Crippen LogP contribution in [0.3, 0.4) is 0 Å². The van der Waals surface area contributed by atoms with Crippen LogP contribution in [0.2, 0.25) is 0 Å². The number of hydrogen-bond acceptors (Lipinski definition) is 3. The van der Waals surface area contributed by atoms with Gasteiger partial charge in [-0.25, -0.2) is 0 Å². The predicted octanol–water partition coefficient (Wildman–Crippen LogP) is 2.32. The van der Waals surface area contributed by atoms with Gasteiger partial charge < -0.3 is 5.32 Å². The van der Waals surface area contributed by atoms with Gasteiger partial charge in [0.25, 0.3) is 11.8 Å². The molecule has 1 unspecified atom stereocenters. The number of carbonyl (C=O) groups excluding carboxylic acids is 3. The lowest BCUT2D eigenvalue weighted by Gasteiger charge is -2.26. The van der Waals surface area contributed by atoms with Crippen LogP contribution in [0.5, 0.6) is 0 Å². The fraction of sp³-hybridized carbons (Fsp3) is 0.450. The second kappa shape index (κ2) is 8.10. The van der Waals surface area contributed by atoms with Gasteiger partial charge in [0.05, 0.1) is 0 Å². The summed E-state index contributed by atoms with van der Waals surface area (Å²) in [5, 5.41) is 2.88. The Bertz CT molecular complexity index is 641. The Morgan fingerprint density at radius 1 is 1.08 bits per heavy atom. The van der Waals surface area contributed by atoms with E-state index >= 15 is 0 Å². The van der Waals surface area contributed by atoms with Crippen molar-refractivity contribution >= 4 is 17.7 Å². The quantitative estimate of drug-likeness (QED) is 0.773. The van der Waals surface area contributed by atoms with E-state index in [9.17, 15) is 14.4 Å². The van der Waals surface area contributed by atoms with Crippen LogP contribution in [0, 0.1) is 11.3 Å². The van der Waals surface area contributed by atoms with Crippen LogP contribution in [-0.2, 0) is 20.8 Å². The van der Waals surface area contributed by atoms with Gasteiger partial charge in [0.1, 0.15) is 0 Å². The summed E-state index contributed by atoms with van der Waals surface area (Å²) in [6.45, 7) is 6.82. The van der Waals surface area contributed by atoms with Crippen molar-refractivity contribution < 1.29 is 14.4 Å². The molecule has 0 bridgehead atoms. The third-order valence-electron chi connectivity index (χ3n) is 4.09. The molecule has 1 atom stereocenters. The fourth-order valence-corrected chi connectivity index (χ4v) is 2.98. The smallest absolute Gasteiger partial charge is 0.253 e. The monoisotopic (exact) mass is 342 g/mol. The molecule has 3 amide bonds. The molecule has 0 fully saturated rings. The molecule has 0 radical (unpaired) electrons. The van der Waals surface area contributed by atoms with Crippen molar-refractivity contribution in [3.05, 3.63) is 48.0 Å². The average molecular weight is 342 g/mol. The van der Waals surface area contributed by atoms with Gasteiger partial charge in [0.15, 0.2) is 0 Å². The van der Waals surface area contributed by atoms with Gasteiger partial charge in [-0.3, -0.25) is 19.3 Å². The summed E-state index contributed by atoms with van der Waals surface area (Å²) in [5.41, 5.74) is 1.16. The van der Waals surface area contributed by atoms with Crippen LogP contribution >= 0.6 is 0 Å².